The Morgan fingerprint density at radius 3 is 2.27 bits per heavy atom. The molecule has 0 spiro atoms. The van der Waals surface area contributed by atoms with Gasteiger partial charge in [0.15, 0.2) is 0 Å². The van der Waals surface area contributed by atoms with Gasteiger partial charge in [0, 0.05) is 12.1 Å². The first-order chi connectivity index (χ1) is 6.52. The van der Waals surface area contributed by atoms with Gasteiger partial charge in [-0.1, -0.05) is 0 Å². The van der Waals surface area contributed by atoms with E-state index in [0.29, 0.717) is 0 Å². The van der Waals surface area contributed by atoms with Crippen molar-refractivity contribution in [1.29, 1.82) is 0 Å². The van der Waals surface area contributed by atoms with Crippen LogP contribution in [0.25, 0.3) is 0 Å². The lowest BCUT2D eigenvalue weighted by molar-refractivity contribution is -0.189. The lowest BCUT2D eigenvalue weighted by Crippen LogP contribution is -2.24. The van der Waals surface area contributed by atoms with Crippen LogP contribution in [0.1, 0.15) is 31.1 Å². The molecule has 0 amide bonds. The fraction of sp³-hybridized carbons (Fsp3) is 1.00. The van der Waals surface area contributed by atoms with Crippen molar-refractivity contribution in [3.8, 4) is 0 Å². The highest BCUT2D eigenvalue weighted by molar-refractivity contribution is 4.98. The molecule has 1 aliphatic rings. The van der Waals surface area contributed by atoms with Crippen LogP contribution >= 0.6 is 0 Å². The number of aliphatic hydroxyl groups is 1. The number of halogens is 3. The van der Waals surface area contributed by atoms with E-state index in [1.165, 1.54) is 0 Å². The van der Waals surface area contributed by atoms with E-state index in [9.17, 15) is 13.2 Å². The lowest BCUT2D eigenvalue weighted by atomic mass is 10.0. The molecule has 1 aliphatic carbocycles. The molecule has 1 N–H and O–H groups in total. The van der Waals surface area contributed by atoms with Crippen LogP contribution in [0, 0.1) is 5.41 Å². The topological polar surface area (TPSA) is 20.2 Å². The molecule has 1 fully saturated rings. The molecule has 4 heteroatoms. The number of hydrogen-bond acceptors (Lipinski definition) is 1. The number of alkyl halides is 3. The molecule has 0 radical (unpaired) electrons. The normalized spacial score (nSPS) is 29.8. The minimum atomic E-state index is -4.78. The average Bonchev–Trinajstić information content (AvgIpc) is 2.81. The van der Waals surface area contributed by atoms with Crippen LogP contribution in [0.15, 0.2) is 0 Å². The summed E-state index contributed by atoms with van der Waals surface area (Å²) in [4.78, 5) is 0. The molecule has 0 aromatic heterocycles. The quantitative estimate of drug-likeness (QED) is 0.691. The zero-order valence-corrected chi connectivity index (χ0v) is 5.70. The van der Waals surface area contributed by atoms with Gasteiger partial charge in [-0.2, -0.15) is 13.2 Å². The van der Waals surface area contributed by atoms with Gasteiger partial charge in [-0.05, 0) is 25.6 Å². The summed E-state index contributed by atoms with van der Waals surface area (Å²) in [5.41, 5.74) is -2.63. The molecule has 0 saturated heterocycles. The Hall–Kier alpha value is -0.250. The summed E-state index contributed by atoms with van der Waals surface area (Å²) in [5, 5.41) is 8.60. The number of aliphatic hydroxyl groups excluding tert-OH is 1. The Balaban J connectivity index is 3.07. The van der Waals surface area contributed by atoms with Gasteiger partial charge in [-0.25, -0.2) is 0 Å². The van der Waals surface area contributed by atoms with E-state index < -0.39 is 43.8 Å². The number of rotatable bonds is 3. The maximum Gasteiger partial charge on any atom is 0.394 e. The second-order valence-corrected chi connectivity index (χ2v) is 2.54. The Kier molecular flexibility index (Phi) is 1.14. The van der Waals surface area contributed by atoms with Crippen LogP contribution in [-0.4, -0.2) is 17.9 Å². The Bertz CT molecular complexity index is 259. The van der Waals surface area contributed by atoms with Crippen molar-refractivity contribution in [2.75, 3.05) is 6.61 Å². The summed E-state index contributed by atoms with van der Waals surface area (Å²) >= 11 is 0. The molecule has 0 heterocycles. The van der Waals surface area contributed by atoms with Crippen molar-refractivity contribution in [3.63, 3.8) is 0 Å². The third-order valence-corrected chi connectivity index (χ3v) is 1.70. The molecule has 0 aromatic carbocycles. The molecule has 0 aliphatic heterocycles. The third kappa shape index (κ3) is 1.67. The minimum absolute atomic E-state index is 0.428. The van der Waals surface area contributed by atoms with Crippen LogP contribution < -0.4 is 0 Å². The summed E-state index contributed by atoms with van der Waals surface area (Å²) < 4.78 is 66.4. The van der Waals surface area contributed by atoms with E-state index in [1.807, 2.05) is 0 Å². The van der Waals surface area contributed by atoms with E-state index in [2.05, 4.69) is 0 Å². The van der Waals surface area contributed by atoms with Gasteiger partial charge in [0.05, 0.1) is 5.41 Å². The molecule has 66 valence electrons. The van der Waals surface area contributed by atoms with E-state index >= 15 is 0 Å². The van der Waals surface area contributed by atoms with Crippen LogP contribution in [0.4, 0.5) is 13.2 Å². The average molecular weight is 172 g/mol. The second-order valence-electron chi connectivity index (χ2n) is 2.54. The summed E-state index contributed by atoms with van der Waals surface area (Å²) in [6, 6.07) is 0. The Morgan fingerprint density at radius 2 is 2.00 bits per heavy atom. The van der Waals surface area contributed by atoms with Crippen molar-refractivity contribution in [2.45, 2.75) is 31.8 Å². The molecule has 0 aromatic rings. The number of hydrogen-bond donors (Lipinski definition) is 1. The first kappa shape index (κ1) is 4.70. The third-order valence-electron chi connectivity index (χ3n) is 1.70. The van der Waals surface area contributed by atoms with Crippen molar-refractivity contribution >= 4 is 0 Å². The SMILES string of the molecule is [2H]C([2H])(CO)C([2H])([2H])C1(C(F)(F)F)CC1. The highest BCUT2D eigenvalue weighted by Crippen LogP contribution is 2.60. The highest BCUT2D eigenvalue weighted by Gasteiger charge is 2.62. The molecule has 1 nitrogen and oxygen atoms in total. The highest BCUT2D eigenvalue weighted by atomic mass is 19.4. The van der Waals surface area contributed by atoms with Crippen LogP contribution in [-0.2, 0) is 0 Å². The van der Waals surface area contributed by atoms with Gasteiger partial charge in [0.1, 0.15) is 0 Å². The summed E-state index contributed by atoms with van der Waals surface area (Å²) in [6.07, 6.45) is -11.6. The second kappa shape index (κ2) is 2.66. The molecular formula is C7H11F3O. The first-order valence-corrected chi connectivity index (χ1v) is 3.19. The Labute approximate surface area is 68.8 Å². The molecule has 0 bridgehead atoms. The van der Waals surface area contributed by atoms with Crippen molar-refractivity contribution < 1.29 is 23.8 Å². The molecule has 11 heavy (non-hydrogen) atoms. The maximum atomic E-state index is 12.6. The summed E-state index contributed by atoms with van der Waals surface area (Å²) in [5.74, 6) is 0. The van der Waals surface area contributed by atoms with E-state index in [4.69, 9.17) is 10.6 Å². The molecule has 0 unspecified atom stereocenters. The van der Waals surface area contributed by atoms with Gasteiger partial charge in [-0.3, -0.25) is 0 Å². The van der Waals surface area contributed by atoms with Gasteiger partial charge < -0.3 is 5.11 Å². The van der Waals surface area contributed by atoms with Crippen LogP contribution in [0.2, 0.25) is 0 Å². The van der Waals surface area contributed by atoms with Crippen molar-refractivity contribution in [3.05, 3.63) is 0 Å². The zero-order chi connectivity index (χ0) is 12.1. The summed E-state index contributed by atoms with van der Waals surface area (Å²) in [7, 11) is 0. The molecule has 0 atom stereocenters. The predicted molar refractivity (Wildman–Crippen MR) is 34.0 cm³/mol. The maximum absolute atomic E-state index is 12.6. The lowest BCUT2D eigenvalue weighted by Gasteiger charge is -2.17. The van der Waals surface area contributed by atoms with E-state index in [0.717, 1.165) is 0 Å². The van der Waals surface area contributed by atoms with E-state index in [1.54, 1.807) is 0 Å². The molecule has 1 rings (SSSR count). The molecular weight excluding hydrogens is 157 g/mol. The fourth-order valence-corrected chi connectivity index (χ4v) is 0.813. The predicted octanol–water partition coefficient (Wildman–Crippen LogP) is 2.10. The van der Waals surface area contributed by atoms with Crippen molar-refractivity contribution in [2.24, 2.45) is 5.41 Å². The standard InChI is InChI=1S/C7H11F3O/c8-7(9,10)6(3-4-6)2-1-5-11/h11H,1-5H2/i1D2,2D2. The van der Waals surface area contributed by atoms with Crippen LogP contribution in [0.5, 0.6) is 0 Å². The van der Waals surface area contributed by atoms with Gasteiger partial charge in [0.25, 0.3) is 0 Å². The zero-order valence-electron chi connectivity index (χ0n) is 9.70. The van der Waals surface area contributed by atoms with Gasteiger partial charge in [-0.15, -0.1) is 0 Å². The Morgan fingerprint density at radius 1 is 1.45 bits per heavy atom. The molecule has 1 saturated carbocycles. The summed E-state index contributed by atoms with van der Waals surface area (Å²) in [6.45, 7) is -1.27. The van der Waals surface area contributed by atoms with E-state index in [-0.39, 0.29) is 0 Å². The van der Waals surface area contributed by atoms with Crippen molar-refractivity contribution in [1.82, 2.24) is 0 Å². The smallest absolute Gasteiger partial charge is 0.394 e. The largest absolute Gasteiger partial charge is 0.396 e. The monoisotopic (exact) mass is 172 g/mol. The van der Waals surface area contributed by atoms with Crippen LogP contribution in [0.3, 0.4) is 0 Å². The van der Waals surface area contributed by atoms with Gasteiger partial charge >= 0.3 is 6.18 Å². The minimum Gasteiger partial charge on any atom is -0.396 e. The van der Waals surface area contributed by atoms with Gasteiger partial charge in [0.2, 0.25) is 0 Å². The fourth-order valence-electron chi connectivity index (χ4n) is 0.813. The first-order valence-electron chi connectivity index (χ1n) is 5.19.